The summed E-state index contributed by atoms with van der Waals surface area (Å²) in [6, 6.07) is 7.74. The second-order valence-corrected chi connectivity index (χ2v) is 6.18. The van der Waals surface area contributed by atoms with Crippen LogP contribution in [0.15, 0.2) is 53.7 Å². The lowest BCUT2D eigenvalue weighted by atomic mass is 10.2. The third-order valence-electron chi connectivity index (χ3n) is 4.42. The summed E-state index contributed by atoms with van der Waals surface area (Å²) in [4.78, 5) is 27.5. The van der Waals surface area contributed by atoms with E-state index in [2.05, 4.69) is 21.2 Å². The molecule has 6 nitrogen and oxygen atoms in total. The molecule has 1 aliphatic rings. The first-order valence-corrected chi connectivity index (χ1v) is 8.52. The molecule has 1 fully saturated rings. The van der Waals surface area contributed by atoms with Crippen molar-refractivity contribution >= 4 is 23.2 Å². The van der Waals surface area contributed by atoms with Crippen LogP contribution in [-0.4, -0.2) is 42.9 Å². The van der Waals surface area contributed by atoms with E-state index in [0.717, 1.165) is 18.0 Å². The Kier molecular flexibility index (Phi) is 5.43. The number of alkyl halides is 3. The Labute approximate surface area is 159 Å². The number of carbonyl (C=O) groups is 2. The van der Waals surface area contributed by atoms with E-state index in [4.69, 9.17) is 0 Å². The molecule has 0 spiro atoms. The molecule has 1 aromatic carbocycles. The molecule has 1 saturated heterocycles. The molecule has 0 saturated carbocycles. The van der Waals surface area contributed by atoms with Crippen molar-refractivity contribution in [3.05, 3.63) is 60.6 Å². The van der Waals surface area contributed by atoms with Crippen molar-refractivity contribution < 1.29 is 27.2 Å². The zero-order chi connectivity index (χ0) is 20.3. The highest BCUT2D eigenvalue weighted by Gasteiger charge is 2.39. The fourth-order valence-corrected chi connectivity index (χ4v) is 2.98. The maximum absolute atomic E-state index is 12.8. The number of anilines is 2. The number of furan rings is 1. The maximum atomic E-state index is 12.8. The van der Waals surface area contributed by atoms with Gasteiger partial charge in [0.2, 0.25) is 11.7 Å². The molecule has 1 N–H and O–H groups in total. The van der Waals surface area contributed by atoms with Crippen LogP contribution in [0.5, 0.6) is 0 Å². The normalized spacial score (nSPS) is 14.7. The van der Waals surface area contributed by atoms with Crippen molar-refractivity contribution in [2.45, 2.75) is 6.18 Å². The molecule has 2 heterocycles. The van der Waals surface area contributed by atoms with Gasteiger partial charge in [-0.15, -0.1) is 0 Å². The average molecular weight is 393 g/mol. The van der Waals surface area contributed by atoms with Crippen LogP contribution in [-0.2, 0) is 11.0 Å². The van der Waals surface area contributed by atoms with Gasteiger partial charge in [0.1, 0.15) is 0 Å². The van der Waals surface area contributed by atoms with Gasteiger partial charge in [-0.25, -0.2) is 0 Å². The van der Waals surface area contributed by atoms with Crippen molar-refractivity contribution in [1.29, 1.82) is 0 Å². The fraction of sp³-hybridized carbons (Fsp3) is 0.263. The predicted octanol–water partition coefficient (Wildman–Crippen LogP) is 3.39. The summed E-state index contributed by atoms with van der Waals surface area (Å²) < 4.78 is 42.9. The number of amides is 2. The molecule has 148 valence electrons. The second kappa shape index (κ2) is 7.79. The molecule has 28 heavy (non-hydrogen) atoms. The van der Waals surface area contributed by atoms with Crippen LogP contribution < -0.4 is 10.2 Å². The molecule has 0 atom stereocenters. The van der Waals surface area contributed by atoms with E-state index in [-0.39, 0.29) is 5.91 Å². The highest BCUT2D eigenvalue weighted by molar-refractivity contribution is 6.05. The Bertz CT molecular complexity index is 867. The molecule has 0 aliphatic carbocycles. The number of rotatable bonds is 4. The Balaban J connectivity index is 1.63. The standard InChI is InChI=1S/C19H18F3N3O3/c1-2-16(26)25-10-8-24(9-11-25)14-5-3-13(4-6-14)23-18(27)15-7-12-28-17(15)19(20,21)22/h2-7,12H,1,8-11H2,(H,23,27). The highest BCUT2D eigenvalue weighted by Crippen LogP contribution is 2.33. The largest absolute Gasteiger partial charge is 0.459 e. The summed E-state index contributed by atoms with van der Waals surface area (Å²) in [5.41, 5.74) is 0.686. The van der Waals surface area contributed by atoms with Crippen LogP contribution in [0.2, 0.25) is 0 Å². The number of hydrogen-bond acceptors (Lipinski definition) is 4. The van der Waals surface area contributed by atoms with Gasteiger partial charge >= 0.3 is 6.18 Å². The van der Waals surface area contributed by atoms with Crippen molar-refractivity contribution in [1.82, 2.24) is 4.90 Å². The van der Waals surface area contributed by atoms with Gasteiger partial charge in [-0.1, -0.05) is 6.58 Å². The predicted molar refractivity (Wildman–Crippen MR) is 97.1 cm³/mol. The first-order valence-electron chi connectivity index (χ1n) is 8.52. The zero-order valence-corrected chi connectivity index (χ0v) is 14.8. The van der Waals surface area contributed by atoms with Gasteiger partial charge in [-0.05, 0) is 36.4 Å². The average Bonchev–Trinajstić information content (AvgIpc) is 3.19. The van der Waals surface area contributed by atoms with Crippen LogP contribution in [0.1, 0.15) is 16.1 Å². The molecule has 1 aliphatic heterocycles. The fourth-order valence-electron chi connectivity index (χ4n) is 2.98. The Morgan fingerprint density at radius 2 is 1.71 bits per heavy atom. The number of piperazine rings is 1. The number of nitrogens with zero attached hydrogens (tertiary/aromatic N) is 2. The van der Waals surface area contributed by atoms with Gasteiger partial charge in [0, 0.05) is 37.6 Å². The molecule has 0 bridgehead atoms. The Morgan fingerprint density at radius 1 is 1.07 bits per heavy atom. The van der Waals surface area contributed by atoms with Crippen molar-refractivity contribution in [2.24, 2.45) is 0 Å². The molecular formula is C19H18F3N3O3. The minimum Gasteiger partial charge on any atom is -0.459 e. The van der Waals surface area contributed by atoms with E-state index < -0.39 is 23.4 Å². The molecule has 0 radical (unpaired) electrons. The molecule has 0 unspecified atom stereocenters. The molecular weight excluding hydrogens is 375 g/mol. The number of benzene rings is 1. The van der Waals surface area contributed by atoms with Gasteiger partial charge in [-0.3, -0.25) is 9.59 Å². The van der Waals surface area contributed by atoms with Gasteiger partial charge in [-0.2, -0.15) is 13.2 Å². The molecule has 2 aromatic rings. The minimum absolute atomic E-state index is 0.102. The first-order chi connectivity index (χ1) is 13.3. The van der Waals surface area contributed by atoms with E-state index in [0.29, 0.717) is 31.9 Å². The monoisotopic (exact) mass is 393 g/mol. The number of carbonyl (C=O) groups excluding carboxylic acids is 2. The smallest absolute Gasteiger partial charge is 0.450 e. The third kappa shape index (κ3) is 4.19. The highest BCUT2D eigenvalue weighted by atomic mass is 19.4. The molecule has 3 rings (SSSR count). The van der Waals surface area contributed by atoms with Gasteiger partial charge in [0.15, 0.2) is 0 Å². The lowest BCUT2D eigenvalue weighted by Gasteiger charge is -2.35. The van der Waals surface area contributed by atoms with Gasteiger partial charge < -0.3 is 19.5 Å². The number of nitrogens with one attached hydrogen (secondary N) is 1. The van der Waals surface area contributed by atoms with Crippen LogP contribution in [0.25, 0.3) is 0 Å². The summed E-state index contributed by atoms with van der Waals surface area (Å²) in [6.07, 6.45) is -2.62. The Morgan fingerprint density at radius 3 is 2.29 bits per heavy atom. The summed E-state index contributed by atoms with van der Waals surface area (Å²) in [5.74, 6) is -2.32. The Hall–Kier alpha value is -3.23. The number of hydrogen-bond donors (Lipinski definition) is 1. The number of halogens is 3. The topological polar surface area (TPSA) is 65.8 Å². The van der Waals surface area contributed by atoms with E-state index in [9.17, 15) is 22.8 Å². The van der Waals surface area contributed by atoms with Crippen LogP contribution in [0.4, 0.5) is 24.5 Å². The van der Waals surface area contributed by atoms with Gasteiger partial charge in [0.25, 0.3) is 5.91 Å². The van der Waals surface area contributed by atoms with Crippen LogP contribution in [0, 0.1) is 0 Å². The summed E-state index contributed by atoms with van der Waals surface area (Å²) >= 11 is 0. The van der Waals surface area contributed by atoms with E-state index in [1.165, 1.54) is 6.08 Å². The minimum atomic E-state index is -4.74. The van der Waals surface area contributed by atoms with Crippen molar-refractivity contribution in [3.63, 3.8) is 0 Å². The van der Waals surface area contributed by atoms with E-state index >= 15 is 0 Å². The quantitative estimate of drug-likeness (QED) is 0.809. The lowest BCUT2D eigenvalue weighted by Crippen LogP contribution is -2.48. The lowest BCUT2D eigenvalue weighted by molar-refractivity contribution is -0.153. The van der Waals surface area contributed by atoms with Gasteiger partial charge in [0.05, 0.1) is 11.8 Å². The molecule has 2 amide bonds. The first kappa shape index (κ1) is 19.5. The summed E-state index contributed by atoms with van der Waals surface area (Å²) in [6.45, 7) is 5.92. The van der Waals surface area contributed by atoms with Crippen LogP contribution in [0.3, 0.4) is 0 Å². The second-order valence-electron chi connectivity index (χ2n) is 6.18. The summed E-state index contributed by atoms with van der Waals surface area (Å²) in [5, 5.41) is 2.44. The summed E-state index contributed by atoms with van der Waals surface area (Å²) in [7, 11) is 0. The third-order valence-corrected chi connectivity index (χ3v) is 4.42. The zero-order valence-electron chi connectivity index (χ0n) is 14.8. The molecule has 1 aromatic heterocycles. The van der Waals surface area contributed by atoms with E-state index in [1.54, 1.807) is 29.2 Å². The van der Waals surface area contributed by atoms with Crippen LogP contribution >= 0.6 is 0 Å². The van der Waals surface area contributed by atoms with E-state index in [1.807, 2.05) is 0 Å². The van der Waals surface area contributed by atoms with Crippen molar-refractivity contribution in [2.75, 3.05) is 36.4 Å². The molecule has 9 heteroatoms. The van der Waals surface area contributed by atoms with Crippen molar-refractivity contribution in [3.8, 4) is 0 Å². The SMILES string of the molecule is C=CC(=O)N1CCN(c2ccc(NC(=O)c3ccoc3C(F)(F)F)cc2)CC1. The maximum Gasteiger partial charge on any atom is 0.450 e.